The minimum absolute atomic E-state index is 0.481. The standard InChI is InChI=1S/C10H20N2/c1-6-7(2)10(8(3)11)9(4)12-5/h7,11-12H,6H2,1-5H3/b10-9-,11-8?. The summed E-state index contributed by atoms with van der Waals surface area (Å²) >= 11 is 0. The molecule has 0 aromatic heterocycles. The molecule has 0 aromatic rings. The molecular weight excluding hydrogens is 148 g/mol. The van der Waals surface area contributed by atoms with Crippen LogP contribution >= 0.6 is 0 Å². The molecule has 0 bridgehead atoms. The number of hydrogen-bond donors (Lipinski definition) is 2. The molecule has 0 aliphatic rings. The number of nitrogens with one attached hydrogen (secondary N) is 2. The largest absolute Gasteiger partial charge is 0.391 e. The summed E-state index contributed by atoms with van der Waals surface area (Å²) in [6.45, 7) is 8.19. The van der Waals surface area contributed by atoms with Crippen LogP contribution in [0.15, 0.2) is 11.3 Å². The van der Waals surface area contributed by atoms with Gasteiger partial charge in [0.05, 0.1) is 0 Å². The van der Waals surface area contributed by atoms with Gasteiger partial charge in [0.25, 0.3) is 0 Å². The average molecular weight is 168 g/mol. The van der Waals surface area contributed by atoms with Crippen molar-refractivity contribution < 1.29 is 0 Å². The van der Waals surface area contributed by atoms with Crippen molar-refractivity contribution >= 4 is 5.71 Å². The lowest BCUT2D eigenvalue weighted by Crippen LogP contribution is -2.15. The second kappa shape index (κ2) is 4.96. The van der Waals surface area contributed by atoms with E-state index >= 15 is 0 Å². The van der Waals surface area contributed by atoms with Gasteiger partial charge in [0.15, 0.2) is 0 Å². The lowest BCUT2D eigenvalue weighted by atomic mass is 9.93. The van der Waals surface area contributed by atoms with Gasteiger partial charge in [-0.25, -0.2) is 0 Å². The van der Waals surface area contributed by atoms with Gasteiger partial charge in [-0.05, 0) is 31.8 Å². The third kappa shape index (κ3) is 2.68. The first-order valence-corrected chi connectivity index (χ1v) is 4.48. The average Bonchev–Trinajstić information content (AvgIpc) is 2.03. The maximum Gasteiger partial charge on any atom is 0.0334 e. The van der Waals surface area contributed by atoms with E-state index in [2.05, 4.69) is 19.2 Å². The zero-order valence-corrected chi connectivity index (χ0v) is 8.78. The van der Waals surface area contributed by atoms with E-state index < -0.39 is 0 Å². The van der Waals surface area contributed by atoms with E-state index in [1.807, 2.05) is 20.9 Å². The fraction of sp³-hybridized carbons (Fsp3) is 0.700. The monoisotopic (exact) mass is 168 g/mol. The molecule has 0 spiro atoms. The van der Waals surface area contributed by atoms with E-state index in [1.54, 1.807) is 0 Å². The number of allylic oxidation sites excluding steroid dienone is 2. The molecule has 0 heterocycles. The second-order valence-corrected chi connectivity index (χ2v) is 3.22. The Labute approximate surface area is 75.6 Å². The summed E-state index contributed by atoms with van der Waals surface area (Å²) in [5, 5.41) is 10.7. The Bertz CT molecular complexity index is 192. The van der Waals surface area contributed by atoms with Gasteiger partial charge in [0.2, 0.25) is 0 Å². The van der Waals surface area contributed by atoms with Crippen LogP contribution in [-0.2, 0) is 0 Å². The third-order valence-corrected chi connectivity index (χ3v) is 2.29. The molecule has 0 amide bonds. The molecule has 0 rings (SSSR count). The van der Waals surface area contributed by atoms with Crippen LogP contribution in [0.4, 0.5) is 0 Å². The highest BCUT2D eigenvalue weighted by Crippen LogP contribution is 2.17. The molecule has 0 saturated heterocycles. The minimum Gasteiger partial charge on any atom is -0.391 e. The lowest BCUT2D eigenvalue weighted by Gasteiger charge is -2.16. The Balaban J connectivity index is 4.77. The van der Waals surface area contributed by atoms with Gasteiger partial charge in [0.1, 0.15) is 0 Å². The van der Waals surface area contributed by atoms with Crippen molar-refractivity contribution in [3.63, 3.8) is 0 Å². The summed E-state index contributed by atoms with van der Waals surface area (Å²) in [4.78, 5) is 0. The van der Waals surface area contributed by atoms with Crippen LogP contribution in [0.25, 0.3) is 0 Å². The lowest BCUT2D eigenvalue weighted by molar-refractivity contribution is 0.662. The highest BCUT2D eigenvalue weighted by molar-refractivity contribution is 5.96. The van der Waals surface area contributed by atoms with Crippen molar-refractivity contribution in [2.75, 3.05) is 7.05 Å². The van der Waals surface area contributed by atoms with Crippen molar-refractivity contribution in [3.05, 3.63) is 11.3 Å². The molecule has 2 heteroatoms. The van der Waals surface area contributed by atoms with E-state index in [0.29, 0.717) is 11.6 Å². The Hall–Kier alpha value is -0.790. The number of rotatable bonds is 4. The Morgan fingerprint density at radius 1 is 1.42 bits per heavy atom. The van der Waals surface area contributed by atoms with E-state index in [4.69, 9.17) is 5.41 Å². The summed E-state index contributed by atoms with van der Waals surface area (Å²) in [6, 6.07) is 0. The van der Waals surface area contributed by atoms with E-state index in [0.717, 1.165) is 17.7 Å². The molecule has 2 nitrogen and oxygen atoms in total. The molecule has 12 heavy (non-hydrogen) atoms. The molecule has 1 atom stereocenters. The number of hydrogen-bond acceptors (Lipinski definition) is 2. The minimum atomic E-state index is 0.481. The first-order valence-electron chi connectivity index (χ1n) is 4.48. The molecule has 2 N–H and O–H groups in total. The van der Waals surface area contributed by atoms with Crippen LogP contribution in [0, 0.1) is 11.3 Å². The van der Waals surface area contributed by atoms with Crippen molar-refractivity contribution in [1.29, 1.82) is 5.41 Å². The van der Waals surface area contributed by atoms with Gasteiger partial charge in [-0.3, -0.25) is 0 Å². The summed E-state index contributed by atoms with van der Waals surface area (Å²) in [5.74, 6) is 0.481. The van der Waals surface area contributed by atoms with Gasteiger partial charge in [-0.2, -0.15) is 0 Å². The van der Waals surface area contributed by atoms with Crippen molar-refractivity contribution in [3.8, 4) is 0 Å². The van der Waals surface area contributed by atoms with Crippen LogP contribution in [0.2, 0.25) is 0 Å². The highest BCUT2D eigenvalue weighted by atomic mass is 14.8. The summed E-state index contributed by atoms with van der Waals surface area (Å²) in [7, 11) is 1.90. The quantitative estimate of drug-likeness (QED) is 0.622. The second-order valence-electron chi connectivity index (χ2n) is 3.22. The zero-order valence-electron chi connectivity index (χ0n) is 8.78. The van der Waals surface area contributed by atoms with Crippen LogP contribution < -0.4 is 5.32 Å². The fourth-order valence-electron chi connectivity index (χ4n) is 1.36. The maximum atomic E-state index is 7.62. The van der Waals surface area contributed by atoms with Gasteiger partial charge >= 0.3 is 0 Å². The highest BCUT2D eigenvalue weighted by Gasteiger charge is 2.11. The molecule has 0 aromatic carbocycles. The summed E-state index contributed by atoms with van der Waals surface area (Å²) < 4.78 is 0. The normalized spacial score (nSPS) is 15.1. The first-order chi connectivity index (χ1) is 5.54. The van der Waals surface area contributed by atoms with Crippen molar-refractivity contribution in [1.82, 2.24) is 5.32 Å². The van der Waals surface area contributed by atoms with E-state index in [1.165, 1.54) is 0 Å². The van der Waals surface area contributed by atoms with E-state index in [9.17, 15) is 0 Å². The Kier molecular flexibility index (Phi) is 4.64. The SMILES string of the molecule is CCC(C)/C(C(C)=N)=C(\C)NC. The predicted molar refractivity (Wildman–Crippen MR) is 54.6 cm³/mol. The first kappa shape index (κ1) is 11.2. The van der Waals surface area contributed by atoms with Crippen LogP contribution in [0.1, 0.15) is 34.1 Å². The smallest absolute Gasteiger partial charge is 0.0334 e. The summed E-state index contributed by atoms with van der Waals surface area (Å²) in [5.41, 5.74) is 2.95. The molecule has 1 unspecified atom stereocenters. The van der Waals surface area contributed by atoms with Crippen LogP contribution in [0.5, 0.6) is 0 Å². The predicted octanol–water partition coefficient (Wildman–Crippen LogP) is 2.57. The maximum absolute atomic E-state index is 7.62. The van der Waals surface area contributed by atoms with Gasteiger partial charge in [-0.1, -0.05) is 13.8 Å². The van der Waals surface area contributed by atoms with Crippen LogP contribution in [0.3, 0.4) is 0 Å². The molecule has 0 saturated carbocycles. The molecule has 0 aliphatic heterocycles. The van der Waals surface area contributed by atoms with Crippen molar-refractivity contribution in [2.45, 2.75) is 34.1 Å². The fourth-order valence-corrected chi connectivity index (χ4v) is 1.36. The molecule has 0 fully saturated rings. The topological polar surface area (TPSA) is 35.9 Å². The summed E-state index contributed by atoms with van der Waals surface area (Å²) in [6.07, 6.45) is 1.09. The molecule has 0 aliphatic carbocycles. The molecule has 0 radical (unpaired) electrons. The van der Waals surface area contributed by atoms with Gasteiger partial charge in [0, 0.05) is 18.5 Å². The van der Waals surface area contributed by atoms with Crippen LogP contribution in [-0.4, -0.2) is 12.8 Å². The van der Waals surface area contributed by atoms with Gasteiger partial charge < -0.3 is 10.7 Å². The molecule has 70 valence electrons. The molecular formula is C10H20N2. The van der Waals surface area contributed by atoms with Crippen molar-refractivity contribution in [2.24, 2.45) is 5.92 Å². The Morgan fingerprint density at radius 2 is 1.92 bits per heavy atom. The van der Waals surface area contributed by atoms with Gasteiger partial charge in [-0.15, -0.1) is 0 Å². The zero-order chi connectivity index (χ0) is 9.72. The third-order valence-electron chi connectivity index (χ3n) is 2.29. The Morgan fingerprint density at radius 3 is 2.17 bits per heavy atom. The van der Waals surface area contributed by atoms with E-state index in [-0.39, 0.29) is 0 Å².